The summed E-state index contributed by atoms with van der Waals surface area (Å²) in [5.41, 5.74) is 0.952. The van der Waals surface area contributed by atoms with Crippen molar-refractivity contribution in [3.63, 3.8) is 0 Å². The zero-order valence-electron chi connectivity index (χ0n) is 7.58. The molecule has 1 aromatic rings. The smallest absolute Gasteiger partial charge is 0.147 e. The van der Waals surface area contributed by atoms with Gasteiger partial charge in [0.05, 0.1) is 11.9 Å². The van der Waals surface area contributed by atoms with Crippen LogP contribution in [0, 0.1) is 0 Å². The van der Waals surface area contributed by atoms with Gasteiger partial charge in [-0.15, -0.1) is 0 Å². The van der Waals surface area contributed by atoms with Crippen molar-refractivity contribution in [3.8, 4) is 5.75 Å². The molecule has 3 heteroatoms. The van der Waals surface area contributed by atoms with Crippen LogP contribution in [0.1, 0.15) is 17.3 Å². The molecule has 0 radical (unpaired) electrons. The van der Waals surface area contributed by atoms with Crippen molar-refractivity contribution in [2.24, 2.45) is 0 Å². The van der Waals surface area contributed by atoms with E-state index in [2.05, 4.69) is 15.9 Å². The molecule has 1 unspecified atom stereocenters. The van der Waals surface area contributed by atoms with Gasteiger partial charge in [-0.2, -0.15) is 0 Å². The van der Waals surface area contributed by atoms with Gasteiger partial charge in [-0.3, -0.25) is 4.79 Å². The molecule has 0 bridgehead atoms. The lowest BCUT2D eigenvalue weighted by molar-refractivity contribution is -0.116. The average Bonchev–Trinajstić information content (AvgIpc) is 2.17. The summed E-state index contributed by atoms with van der Waals surface area (Å²) in [5, 5.41) is 0. The molecule has 1 atom stereocenters. The molecule has 0 fully saturated rings. The number of hydrogen-bond donors (Lipinski definition) is 0. The number of ketones is 1. The van der Waals surface area contributed by atoms with Crippen LogP contribution in [0.3, 0.4) is 0 Å². The molecule has 0 N–H and O–H groups in total. The fourth-order valence-corrected chi connectivity index (χ4v) is 1.31. The summed E-state index contributed by atoms with van der Waals surface area (Å²) < 4.78 is 5.01. The average molecular weight is 243 g/mol. The van der Waals surface area contributed by atoms with Gasteiger partial charge in [-0.1, -0.05) is 28.1 Å². The fourth-order valence-electron chi connectivity index (χ4n) is 1.01. The molecule has 0 aliphatic heterocycles. The molecular weight excluding hydrogens is 232 g/mol. The van der Waals surface area contributed by atoms with Crippen LogP contribution in [0.25, 0.3) is 0 Å². The number of hydrogen-bond acceptors (Lipinski definition) is 2. The minimum atomic E-state index is -0.210. The zero-order chi connectivity index (χ0) is 9.84. The monoisotopic (exact) mass is 242 g/mol. The van der Waals surface area contributed by atoms with Crippen molar-refractivity contribution in [3.05, 3.63) is 29.8 Å². The quantitative estimate of drug-likeness (QED) is 0.763. The summed E-state index contributed by atoms with van der Waals surface area (Å²) in [6, 6.07) is 7.43. The molecule has 0 aliphatic rings. The first-order chi connectivity index (χ1) is 6.15. The second-order valence-corrected chi connectivity index (χ2v) is 3.66. The van der Waals surface area contributed by atoms with Gasteiger partial charge in [-0.05, 0) is 24.6 Å². The van der Waals surface area contributed by atoms with Gasteiger partial charge in [0.25, 0.3) is 0 Å². The van der Waals surface area contributed by atoms with Gasteiger partial charge >= 0.3 is 0 Å². The predicted octanol–water partition coefficient (Wildman–Crippen LogP) is 2.72. The molecule has 0 aliphatic carbocycles. The number of carbonyl (C=O) groups excluding carboxylic acids is 1. The van der Waals surface area contributed by atoms with Crippen LogP contribution in [0.2, 0.25) is 0 Å². The Balaban J connectivity index is 2.85. The molecule has 1 rings (SSSR count). The second kappa shape index (κ2) is 4.42. The van der Waals surface area contributed by atoms with Crippen LogP contribution in [-0.2, 0) is 4.79 Å². The Morgan fingerprint density at radius 1 is 1.38 bits per heavy atom. The Morgan fingerprint density at radius 2 is 1.92 bits per heavy atom. The molecule has 0 aromatic heterocycles. The highest BCUT2D eigenvalue weighted by Gasteiger charge is 2.11. The molecule has 2 nitrogen and oxygen atoms in total. The van der Waals surface area contributed by atoms with E-state index in [0.717, 1.165) is 11.3 Å². The fraction of sp³-hybridized carbons (Fsp3) is 0.300. The van der Waals surface area contributed by atoms with E-state index in [-0.39, 0.29) is 10.6 Å². The first-order valence-electron chi connectivity index (χ1n) is 3.93. The van der Waals surface area contributed by atoms with Crippen LogP contribution < -0.4 is 4.74 Å². The predicted molar refractivity (Wildman–Crippen MR) is 55.3 cm³/mol. The second-order valence-electron chi connectivity index (χ2n) is 2.75. The highest BCUT2D eigenvalue weighted by atomic mass is 79.9. The van der Waals surface area contributed by atoms with Crippen molar-refractivity contribution in [2.75, 3.05) is 7.11 Å². The van der Waals surface area contributed by atoms with Gasteiger partial charge < -0.3 is 4.74 Å². The number of methoxy groups -OCH3 is 1. The molecular formula is C10H11BrO2. The van der Waals surface area contributed by atoms with E-state index in [0.29, 0.717) is 0 Å². The Morgan fingerprint density at radius 3 is 2.31 bits per heavy atom. The van der Waals surface area contributed by atoms with E-state index >= 15 is 0 Å². The zero-order valence-corrected chi connectivity index (χ0v) is 9.17. The Kier molecular flexibility index (Phi) is 3.48. The third-order valence-corrected chi connectivity index (χ3v) is 2.94. The van der Waals surface area contributed by atoms with Crippen molar-refractivity contribution in [1.82, 2.24) is 0 Å². The number of alkyl halides is 1. The molecule has 0 amide bonds. The van der Waals surface area contributed by atoms with Crippen molar-refractivity contribution < 1.29 is 9.53 Å². The first kappa shape index (κ1) is 10.3. The third kappa shape index (κ3) is 2.56. The van der Waals surface area contributed by atoms with E-state index < -0.39 is 0 Å². The van der Waals surface area contributed by atoms with Gasteiger partial charge in [0.15, 0.2) is 0 Å². The Bertz CT molecular complexity index is 292. The van der Waals surface area contributed by atoms with E-state index in [1.165, 1.54) is 0 Å². The van der Waals surface area contributed by atoms with Gasteiger partial charge in [0.2, 0.25) is 0 Å². The van der Waals surface area contributed by atoms with Crippen LogP contribution in [-0.4, -0.2) is 12.9 Å². The molecule has 0 spiro atoms. The lowest BCUT2D eigenvalue weighted by Crippen LogP contribution is -2.00. The summed E-state index contributed by atoms with van der Waals surface area (Å²) in [6.45, 7) is 1.56. The van der Waals surface area contributed by atoms with Crippen molar-refractivity contribution in [2.45, 2.75) is 11.8 Å². The van der Waals surface area contributed by atoms with Crippen LogP contribution in [0.15, 0.2) is 24.3 Å². The number of carbonyl (C=O) groups is 1. The number of halogens is 1. The number of rotatable bonds is 3. The molecule has 13 heavy (non-hydrogen) atoms. The van der Waals surface area contributed by atoms with Gasteiger partial charge in [0.1, 0.15) is 11.5 Å². The lowest BCUT2D eigenvalue weighted by Gasteiger charge is -2.06. The highest BCUT2D eigenvalue weighted by molar-refractivity contribution is 9.09. The third-order valence-electron chi connectivity index (χ3n) is 1.77. The van der Waals surface area contributed by atoms with Crippen molar-refractivity contribution in [1.29, 1.82) is 0 Å². The van der Waals surface area contributed by atoms with Crippen molar-refractivity contribution >= 4 is 21.7 Å². The maximum atomic E-state index is 11.0. The number of Topliss-reactive ketones (excluding diaryl/α,β-unsaturated/α-hetero) is 1. The Labute approximate surface area is 86.0 Å². The summed E-state index contributed by atoms with van der Waals surface area (Å²) in [7, 11) is 1.62. The molecule has 1 aromatic carbocycles. The first-order valence-corrected chi connectivity index (χ1v) is 4.85. The molecule has 0 heterocycles. The molecule has 0 saturated carbocycles. The van der Waals surface area contributed by atoms with E-state index in [9.17, 15) is 4.79 Å². The minimum absolute atomic E-state index is 0.102. The van der Waals surface area contributed by atoms with Gasteiger partial charge in [-0.25, -0.2) is 0 Å². The summed E-state index contributed by atoms with van der Waals surface area (Å²) in [6.07, 6.45) is 0. The SMILES string of the molecule is COc1ccc(C(Br)C(C)=O)cc1. The van der Waals surface area contributed by atoms with Crippen LogP contribution in [0.5, 0.6) is 5.75 Å². The van der Waals surface area contributed by atoms with Crippen LogP contribution >= 0.6 is 15.9 Å². The number of ether oxygens (including phenoxy) is 1. The molecule has 0 saturated heterocycles. The normalized spacial score (nSPS) is 12.2. The summed E-state index contributed by atoms with van der Waals surface area (Å²) in [5.74, 6) is 0.900. The van der Waals surface area contributed by atoms with E-state index in [1.807, 2.05) is 24.3 Å². The maximum absolute atomic E-state index is 11.0. The van der Waals surface area contributed by atoms with E-state index in [1.54, 1.807) is 14.0 Å². The Hall–Kier alpha value is -0.830. The number of benzene rings is 1. The molecule has 70 valence electrons. The minimum Gasteiger partial charge on any atom is -0.497 e. The maximum Gasteiger partial charge on any atom is 0.147 e. The van der Waals surface area contributed by atoms with Crippen LogP contribution in [0.4, 0.5) is 0 Å². The largest absolute Gasteiger partial charge is 0.497 e. The summed E-state index contributed by atoms with van der Waals surface area (Å²) >= 11 is 3.31. The van der Waals surface area contributed by atoms with E-state index in [4.69, 9.17) is 4.74 Å². The topological polar surface area (TPSA) is 26.3 Å². The van der Waals surface area contributed by atoms with Gasteiger partial charge in [0, 0.05) is 0 Å². The standard InChI is InChI=1S/C10H11BrO2/c1-7(12)10(11)8-3-5-9(13-2)6-4-8/h3-6,10H,1-2H3. The summed E-state index contributed by atoms with van der Waals surface area (Å²) in [4.78, 5) is 10.8. The highest BCUT2D eigenvalue weighted by Crippen LogP contribution is 2.25. The lowest BCUT2D eigenvalue weighted by atomic mass is 10.1.